The zero-order valence-corrected chi connectivity index (χ0v) is 12.3. The summed E-state index contributed by atoms with van der Waals surface area (Å²) >= 11 is 0. The number of nitrogens with one attached hydrogen (secondary N) is 1. The van der Waals surface area contributed by atoms with Gasteiger partial charge in [-0.05, 0) is 12.5 Å². The maximum Gasteiger partial charge on any atom is 0.196 e. The Kier molecular flexibility index (Phi) is 3.96. The van der Waals surface area contributed by atoms with Crippen LogP contribution in [0.3, 0.4) is 0 Å². The third kappa shape index (κ3) is 3.11. The molecule has 6 heteroatoms. The van der Waals surface area contributed by atoms with Gasteiger partial charge in [0.1, 0.15) is 0 Å². The summed E-state index contributed by atoms with van der Waals surface area (Å²) in [6.45, 7) is 6.26. The van der Waals surface area contributed by atoms with Crippen molar-refractivity contribution in [1.29, 1.82) is 0 Å². The number of aromatic nitrogens is 4. The van der Waals surface area contributed by atoms with Crippen LogP contribution < -0.4 is 5.32 Å². The van der Waals surface area contributed by atoms with Crippen molar-refractivity contribution in [2.75, 3.05) is 13.1 Å². The van der Waals surface area contributed by atoms with Crippen LogP contribution in [0.2, 0.25) is 0 Å². The molecule has 0 atom stereocenters. The molecule has 0 aliphatic rings. The molecule has 6 nitrogen and oxygen atoms in total. The van der Waals surface area contributed by atoms with Gasteiger partial charge < -0.3 is 9.73 Å². The predicted molar refractivity (Wildman–Crippen MR) is 79.9 cm³/mol. The van der Waals surface area contributed by atoms with Gasteiger partial charge in [-0.1, -0.05) is 13.8 Å². The zero-order valence-electron chi connectivity index (χ0n) is 12.3. The molecule has 1 N–H and O–H groups in total. The van der Waals surface area contributed by atoms with E-state index in [9.17, 15) is 0 Å². The molecule has 0 radical (unpaired) electrons. The molecule has 0 bridgehead atoms. The summed E-state index contributed by atoms with van der Waals surface area (Å²) in [5.74, 6) is 2.12. The van der Waals surface area contributed by atoms with Gasteiger partial charge >= 0.3 is 0 Å². The van der Waals surface area contributed by atoms with Crippen molar-refractivity contribution in [1.82, 2.24) is 24.9 Å². The first kappa shape index (κ1) is 13.8. The molecule has 0 saturated carbocycles. The standard InChI is InChI=1S/C15H19N5O/c1-11(2)7-16-4-3-15-18-10-14(21-15)12-8-19-20-6-5-17-9-13(12)20/h5-6,8-11,16H,3-4,7H2,1-2H3. The minimum atomic E-state index is 0.649. The molecular weight excluding hydrogens is 266 g/mol. The highest BCUT2D eigenvalue weighted by Gasteiger charge is 2.11. The van der Waals surface area contributed by atoms with Crippen molar-refractivity contribution < 1.29 is 4.42 Å². The Morgan fingerprint density at radius 3 is 3.05 bits per heavy atom. The first-order valence-electron chi connectivity index (χ1n) is 7.17. The van der Waals surface area contributed by atoms with E-state index in [1.54, 1.807) is 29.3 Å². The molecule has 110 valence electrons. The molecule has 0 saturated heterocycles. The first-order chi connectivity index (χ1) is 10.2. The van der Waals surface area contributed by atoms with Crippen LogP contribution in [0.15, 0.2) is 35.4 Å². The highest BCUT2D eigenvalue weighted by Crippen LogP contribution is 2.24. The Balaban J connectivity index is 1.70. The van der Waals surface area contributed by atoms with Crippen molar-refractivity contribution in [3.8, 4) is 11.3 Å². The summed E-state index contributed by atoms with van der Waals surface area (Å²) in [4.78, 5) is 8.45. The van der Waals surface area contributed by atoms with Gasteiger partial charge in [-0.25, -0.2) is 9.50 Å². The molecule has 21 heavy (non-hydrogen) atoms. The van der Waals surface area contributed by atoms with Gasteiger partial charge in [0.25, 0.3) is 0 Å². The minimum absolute atomic E-state index is 0.649. The Labute approximate surface area is 123 Å². The summed E-state index contributed by atoms with van der Waals surface area (Å²) in [5.41, 5.74) is 1.83. The topological polar surface area (TPSA) is 68.2 Å². The second-order valence-electron chi connectivity index (χ2n) is 5.43. The lowest BCUT2D eigenvalue weighted by Gasteiger charge is -2.05. The second-order valence-corrected chi connectivity index (χ2v) is 5.43. The normalized spacial score (nSPS) is 11.6. The van der Waals surface area contributed by atoms with Crippen LogP contribution in [0, 0.1) is 5.92 Å². The highest BCUT2D eigenvalue weighted by atomic mass is 16.4. The Morgan fingerprint density at radius 1 is 1.29 bits per heavy atom. The summed E-state index contributed by atoms with van der Waals surface area (Å²) in [6, 6.07) is 0. The summed E-state index contributed by atoms with van der Waals surface area (Å²) < 4.78 is 7.58. The fourth-order valence-electron chi connectivity index (χ4n) is 2.16. The van der Waals surface area contributed by atoms with Crippen molar-refractivity contribution >= 4 is 5.52 Å². The predicted octanol–water partition coefficient (Wildman–Crippen LogP) is 2.17. The van der Waals surface area contributed by atoms with E-state index in [2.05, 4.69) is 34.2 Å². The number of fused-ring (bicyclic) bond motifs is 1. The number of oxazole rings is 1. The van der Waals surface area contributed by atoms with E-state index >= 15 is 0 Å². The van der Waals surface area contributed by atoms with Gasteiger partial charge in [0.2, 0.25) is 0 Å². The highest BCUT2D eigenvalue weighted by molar-refractivity contribution is 5.75. The van der Waals surface area contributed by atoms with Crippen LogP contribution in [0.25, 0.3) is 16.8 Å². The van der Waals surface area contributed by atoms with Crippen LogP contribution in [-0.4, -0.2) is 32.7 Å². The van der Waals surface area contributed by atoms with Crippen LogP contribution in [0.1, 0.15) is 19.7 Å². The smallest absolute Gasteiger partial charge is 0.196 e. The van der Waals surface area contributed by atoms with Crippen molar-refractivity contribution in [3.05, 3.63) is 36.9 Å². The van der Waals surface area contributed by atoms with Gasteiger partial charge in [-0.15, -0.1) is 0 Å². The molecule has 0 aliphatic carbocycles. The third-order valence-electron chi connectivity index (χ3n) is 3.21. The monoisotopic (exact) mass is 285 g/mol. The number of hydrogen-bond donors (Lipinski definition) is 1. The fourth-order valence-corrected chi connectivity index (χ4v) is 2.16. The fraction of sp³-hybridized carbons (Fsp3) is 0.400. The first-order valence-corrected chi connectivity index (χ1v) is 7.17. The molecule has 3 rings (SSSR count). The van der Waals surface area contributed by atoms with E-state index in [-0.39, 0.29) is 0 Å². The van der Waals surface area contributed by atoms with Crippen molar-refractivity contribution in [2.24, 2.45) is 5.92 Å². The third-order valence-corrected chi connectivity index (χ3v) is 3.21. The molecule has 3 aromatic heterocycles. The van der Waals surface area contributed by atoms with Crippen molar-refractivity contribution in [3.63, 3.8) is 0 Å². The van der Waals surface area contributed by atoms with Crippen LogP contribution in [0.4, 0.5) is 0 Å². The molecule has 3 heterocycles. The summed E-state index contributed by atoms with van der Waals surface area (Å²) in [6.07, 6.45) is 9.60. The van der Waals surface area contributed by atoms with E-state index in [1.165, 1.54) is 0 Å². The van der Waals surface area contributed by atoms with E-state index in [1.807, 2.05) is 6.20 Å². The molecule has 0 fully saturated rings. The second kappa shape index (κ2) is 6.05. The summed E-state index contributed by atoms with van der Waals surface area (Å²) in [7, 11) is 0. The minimum Gasteiger partial charge on any atom is -0.441 e. The van der Waals surface area contributed by atoms with Gasteiger partial charge in [0.15, 0.2) is 11.7 Å². The maximum absolute atomic E-state index is 5.81. The Morgan fingerprint density at radius 2 is 2.19 bits per heavy atom. The van der Waals surface area contributed by atoms with Gasteiger partial charge in [0, 0.05) is 25.4 Å². The molecule has 0 aliphatic heterocycles. The van der Waals surface area contributed by atoms with Crippen LogP contribution in [-0.2, 0) is 6.42 Å². The molecule has 0 unspecified atom stereocenters. The lowest BCUT2D eigenvalue weighted by Crippen LogP contribution is -2.22. The average Bonchev–Trinajstić information content (AvgIpc) is 3.09. The molecular formula is C15H19N5O. The van der Waals surface area contributed by atoms with Crippen LogP contribution >= 0.6 is 0 Å². The lowest BCUT2D eigenvalue weighted by atomic mass is 10.2. The molecule has 0 amide bonds. The summed E-state index contributed by atoms with van der Waals surface area (Å²) in [5, 5.41) is 7.66. The SMILES string of the molecule is CC(C)CNCCc1ncc(-c2cnn3ccncc23)o1. The maximum atomic E-state index is 5.81. The number of rotatable bonds is 6. The lowest BCUT2D eigenvalue weighted by molar-refractivity contribution is 0.483. The van der Waals surface area contributed by atoms with E-state index in [4.69, 9.17) is 4.42 Å². The van der Waals surface area contributed by atoms with E-state index in [0.717, 1.165) is 42.2 Å². The van der Waals surface area contributed by atoms with Crippen molar-refractivity contribution in [2.45, 2.75) is 20.3 Å². The largest absolute Gasteiger partial charge is 0.441 e. The zero-order chi connectivity index (χ0) is 14.7. The quantitative estimate of drug-likeness (QED) is 0.703. The van der Waals surface area contributed by atoms with Gasteiger partial charge in [-0.2, -0.15) is 5.10 Å². The van der Waals surface area contributed by atoms with Gasteiger partial charge in [-0.3, -0.25) is 4.98 Å². The molecule has 0 aromatic carbocycles. The molecule has 0 spiro atoms. The average molecular weight is 285 g/mol. The number of nitrogens with zero attached hydrogens (tertiary/aromatic N) is 4. The van der Waals surface area contributed by atoms with Crippen LogP contribution in [0.5, 0.6) is 0 Å². The molecule has 3 aromatic rings. The van der Waals surface area contributed by atoms with E-state index in [0.29, 0.717) is 5.92 Å². The Bertz CT molecular complexity index is 716. The van der Waals surface area contributed by atoms with E-state index < -0.39 is 0 Å². The Hall–Kier alpha value is -2.21. The van der Waals surface area contributed by atoms with Gasteiger partial charge in [0.05, 0.1) is 29.7 Å². The number of hydrogen-bond acceptors (Lipinski definition) is 5.